The highest BCUT2D eigenvalue weighted by Gasteiger charge is 2.30. The van der Waals surface area contributed by atoms with Crippen LogP contribution in [-0.4, -0.2) is 41.5 Å². The maximum Gasteiger partial charge on any atom is 0.310 e. The van der Waals surface area contributed by atoms with Gasteiger partial charge in [0.2, 0.25) is 0 Å². The van der Waals surface area contributed by atoms with Crippen molar-refractivity contribution in [1.29, 1.82) is 0 Å². The van der Waals surface area contributed by atoms with Crippen LogP contribution in [0.25, 0.3) is 11.1 Å². The van der Waals surface area contributed by atoms with E-state index in [1.54, 1.807) is 36.2 Å². The third-order valence-corrected chi connectivity index (χ3v) is 4.47. The molecule has 1 aliphatic rings. The van der Waals surface area contributed by atoms with E-state index in [9.17, 15) is 14.0 Å². The summed E-state index contributed by atoms with van der Waals surface area (Å²) in [6.07, 6.45) is 4.58. The van der Waals surface area contributed by atoms with Gasteiger partial charge < -0.3 is 9.64 Å². The predicted molar refractivity (Wildman–Crippen MR) is 94.9 cm³/mol. The van der Waals surface area contributed by atoms with Gasteiger partial charge in [-0.2, -0.15) is 0 Å². The Kier molecular flexibility index (Phi) is 5.61. The van der Waals surface area contributed by atoms with Crippen LogP contribution in [0.2, 0.25) is 0 Å². The van der Waals surface area contributed by atoms with Crippen molar-refractivity contribution in [3.05, 3.63) is 54.1 Å². The van der Waals surface area contributed by atoms with Gasteiger partial charge in [-0.25, -0.2) is 4.39 Å². The van der Waals surface area contributed by atoms with Gasteiger partial charge in [-0.05, 0) is 43.5 Å². The Bertz CT molecular complexity index is 809. The number of pyridine rings is 1. The fourth-order valence-corrected chi connectivity index (χ4v) is 3.18. The van der Waals surface area contributed by atoms with Gasteiger partial charge in [-0.15, -0.1) is 0 Å². The molecule has 2 heterocycles. The molecule has 1 saturated heterocycles. The van der Waals surface area contributed by atoms with Gasteiger partial charge in [0.25, 0.3) is 5.91 Å². The minimum atomic E-state index is -0.340. The second-order valence-electron chi connectivity index (χ2n) is 6.32. The lowest BCUT2D eigenvalue weighted by molar-refractivity contribution is -0.149. The summed E-state index contributed by atoms with van der Waals surface area (Å²) in [6, 6.07) is 7.87. The molecule has 136 valence electrons. The Morgan fingerprint density at radius 3 is 2.88 bits per heavy atom. The van der Waals surface area contributed by atoms with E-state index in [4.69, 9.17) is 4.74 Å². The van der Waals surface area contributed by atoms with Crippen molar-refractivity contribution in [2.24, 2.45) is 5.92 Å². The van der Waals surface area contributed by atoms with E-state index in [1.807, 2.05) is 0 Å². The van der Waals surface area contributed by atoms with E-state index in [-0.39, 0.29) is 23.6 Å². The maximum absolute atomic E-state index is 13.4. The average Bonchev–Trinajstić information content (AvgIpc) is 2.68. The number of likely N-dealkylation sites (tertiary alicyclic amines) is 1. The van der Waals surface area contributed by atoms with Crippen molar-refractivity contribution in [3.8, 4) is 11.1 Å². The van der Waals surface area contributed by atoms with Crippen LogP contribution in [0.1, 0.15) is 30.1 Å². The Balaban J connectivity index is 1.77. The van der Waals surface area contributed by atoms with Crippen LogP contribution in [0, 0.1) is 11.7 Å². The summed E-state index contributed by atoms with van der Waals surface area (Å²) in [5.74, 6) is -1.05. The molecule has 1 atom stereocenters. The standard InChI is InChI=1S/C20H21FN2O3/c1-2-26-20(25)15-6-4-8-23(13-15)19(24)17-9-16(11-22-12-17)14-5-3-7-18(21)10-14/h3,5,7,9-12,15H,2,4,6,8,13H2,1H3/t15-/m1/s1. The number of hydrogen-bond acceptors (Lipinski definition) is 4. The van der Waals surface area contributed by atoms with Crippen molar-refractivity contribution in [1.82, 2.24) is 9.88 Å². The normalized spacial score (nSPS) is 17.0. The number of aromatic nitrogens is 1. The molecule has 1 aromatic carbocycles. The quantitative estimate of drug-likeness (QED) is 0.789. The molecule has 1 fully saturated rings. The smallest absolute Gasteiger partial charge is 0.310 e. The van der Waals surface area contributed by atoms with Crippen LogP contribution in [0.4, 0.5) is 4.39 Å². The van der Waals surface area contributed by atoms with Crippen LogP contribution in [0.5, 0.6) is 0 Å². The highest BCUT2D eigenvalue weighted by molar-refractivity contribution is 5.95. The number of benzene rings is 1. The molecular formula is C20H21FN2O3. The highest BCUT2D eigenvalue weighted by Crippen LogP contribution is 2.23. The summed E-state index contributed by atoms with van der Waals surface area (Å²) in [4.78, 5) is 30.6. The third kappa shape index (κ3) is 4.07. The number of carbonyl (C=O) groups is 2. The van der Waals surface area contributed by atoms with Crippen molar-refractivity contribution in [2.75, 3.05) is 19.7 Å². The predicted octanol–water partition coefficient (Wildman–Crippen LogP) is 3.30. The van der Waals surface area contributed by atoms with Crippen LogP contribution < -0.4 is 0 Å². The van der Waals surface area contributed by atoms with E-state index in [0.29, 0.717) is 36.4 Å². The van der Waals surface area contributed by atoms with Crippen molar-refractivity contribution < 1.29 is 18.7 Å². The van der Waals surface area contributed by atoms with Crippen LogP contribution >= 0.6 is 0 Å². The van der Waals surface area contributed by atoms with Gasteiger partial charge in [0.05, 0.1) is 18.1 Å². The number of halogens is 1. The topological polar surface area (TPSA) is 59.5 Å². The lowest BCUT2D eigenvalue weighted by Crippen LogP contribution is -2.42. The molecular weight excluding hydrogens is 335 g/mol. The van der Waals surface area contributed by atoms with E-state index in [1.165, 1.54) is 18.3 Å². The second kappa shape index (κ2) is 8.08. The second-order valence-corrected chi connectivity index (χ2v) is 6.32. The Labute approximate surface area is 151 Å². The zero-order chi connectivity index (χ0) is 18.5. The zero-order valence-corrected chi connectivity index (χ0v) is 14.7. The van der Waals surface area contributed by atoms with Crippen LogP contribution in [0.15, 0.2) is 42.7 Å². The van der Waals surface area contributed by atoms with E-state index >= 15 is 0 Å². The number of amides is 1. The number of rotatable bonds is 4. The SMILES string of the molecule is CCOC(=O)[C@@H]1CCCN(C(=O)c2cncc(-c3cccc(F)c3)c2)C1. The van der Waals surface area contributed by atoms with Gasteiger partial charge >= 0.3 is 5.97 Å². The first-order valence-electron chi connectivity index (χ1n) is 8.75. The number of nitrogens with zero attached hydrogens (tertiary/aromatic N) is 2. The highest BCUT2D eigenvalue weighted by atomic mass is 19.1. The molecule has 0 unspecified atom stereocenters. The lowest BCUT2D eigenvalue weighted by Gasteiger charge is -2.31. The molecule has 1 aliphatic heterocycles. The Morgan fingerprint density at radius 2 is 2.12 bits per heavy atom. The van der Waals surface area contributed by atoms with Crippen molar-refractivity contribution >= 4 is 11.9 Å². The van der Waals surface area contributed by atoms with Gasteiger partial charge in [-0.1, -0.05) is 12.1 Å². The first-order valence-corrected chi connectivity index (χ1v) is 8.75. The maximum atomic E-state index is 13.4. The fourth-order valence-electron chi connectivity index (χ4n) is 3.18. The largest absolute Gasteiger partial charge is 0.466 e. The molecule has 1 aromatic heterocycles. The summed E-state index contributed by atoms with van der Waals surface area (Å²) in [6.45, 7) is 3.05. The molecule has 1 amide bonds. The first kappa shape index (κ1) is 18.0. The van der Waals surface area contributed by atoms with Crippen LogP contribution in [-0.2, 0) is 9.53 Å². The fraction of sp³-hybridized carbons (Fsp3) is 0.350. The summed E-state index contributed by atoms with van der Waals surface area (Å²) in [5.41, 5.74) is 1.76. The lowest BCUT2D eigenvalue weighted by atomic mass is 9.97. The molecule has 0 bridgehead atoms. The third-order valence-electron chi connectivity index (χ3n) is 4.47. The monoisotopic (exact) mass is 356 g/mol. The molecule has 6 heteroatoms. The average molecular weight is 356 g/mol. The number of carbonyl (C=O) groups excluding carboxylic acids is 2. The molecule has 2 aromatic rings. The van der Waals surface area contributed by atoms with Gasteiger partial charge in [0, 0.05) is 31.0 Å². The Hall–Kier alpha value is -2.76. The van der Waals surface area contributed by atoms with Gasteiger partial charge in [-0.3, -0.25) is 14.6 Å². The zero-order valence-electron chi connectivity index (χ0n) is 14.7. The number of ether oxygens (including phenoxy) is 1. The minimum Gasteiger partial charge on any atom is -0.466 e. The van der Waals surface area contributed by atoms with Gasteiger partial charge in [0.1, 0.15) is 5.82 Å². The van der Waals surface area contributed by atoms with E-state index in [0.717, 1.165) is 12.8 Å². The number of hydrogen-bond donors (Lipinski definition) is 0. The number of esters is 1. The van der Waals surface area contributed by atoms with Crippen molar-refractivity contribution in [2.45, 2.75) is 19.8 Å². The summed E-state index contributed by atoms with van der Waals surface area (Å²) >= 11 is 0. The van der Waals surface area contributed by atoms with Gasteiger partial charge in [0.15, 0.2) is 0 Å². The Morgan fingerprint density at radius 1 is 1.27 bits per heavy atom. The molecule has 0 N–H and O–H groups in total. The van der Waals surface area contributed by atoms with E-state index < -0.39 is 0 Å². The summed E-state index contributed by atoms with van der Waals surface area (Å²) in [7, 11) is 0. The molecule has 3 rings (SSSR count). The molecule has 0 spiro atoms. The molecule has 0 radical (unpaired) electrons. The molecule has 26 heavy (non-hydrogen) atoms. The number of piperidine rings is 1. The summed E-state index contributed by atoms with van der Waals surface area (Å²) in [5, 5.41) is 0. The first-order chi connectivity index (χ1) is 12.6. The summed E-state index contributed by atoms with van der Waals surface area (Å²) < 4.78 is 18.5. The van der Waals surface area contributed by atoms with Crippen LogP contribution in [0.3, 0.4) is 0 Å². The van der Waals surface area contributed by atoms with Crippen molar-refractivity contribution in [3.63, 3.8) is 0 Å². The molecule has 0 aliphatic carbocycles. The van der Waals surface area contributed by atoms with E-state index in [2.05, 4.69) is 4.98 Å². The molecule has 0 saturated carbocycles. The minimum absolute atomic E-state index is 0.176. The molecule has 5 nitrogen and oxygen atoms in total.